The number of nitrogens with zero attached hydrogens (tertiary/aromatic N) is 3. The van der Waals surface area contributed by atoms with Gasteiger partial charge in [-0.2, -0.15) is 5.26 Å². The molecule has 1 amide bonds. The molecule has 3 aromatic rings. The SMILES string of the molecule is C=CCOC(=O)C(C#N)=c1sc(=CNc2ccc3[nH]cc(C(=O)NCCN(CC)CC)c3c2)c(=O)n1CC. The number of ether oxygens (including phenoxy) is 1. The number of benzene rings is 1. The summed E-state index contributed by atoms with van der Waals surface area (Å²) in [4.78, 5) is 43.4. The number of rotatable bonds is 12. The number of anilines is 1. The third-order valence-electron chi connectivity index (χ3n) is 5.99. The lowest BCUT2D eigenvalue weighted by Crippen LogP contribution is -2.34. The van der Waals surface area contributed by atoms with Crippen LogP contribution >= 0.6 is 11.3 Å². The van der Waals surface area contributed by atoms with Gasteiger partial charge in [0.2, 0.25) is 0 Å². The lowest BCUT2D eigenvalue weighted by Gasteiger charge is -2.17. The van der Waals surface area contributed by atoms with Gasteiger partial charge >= 0.3 is 5.97 Å². The molecule has 3 N–H and O–H groups in total. The van der Waals surface area contributed by atoms with E-state index in [0.717, 1.165) is 41.9 Å². The van der Waals surface area contributed by atoms with Crippen molar-refractivity contribution in [1.29, 1.82) is 5.26 Å². The lowest BCUT2D eigenvalue weighted by molar-refractivity contribution is -0.135. The molecule has 200 valence electrons. The number of carbonyl (C=O) groups excluding carboxylic acids is 2. The fourth-order valence-electron chi connectivity index (χ4n) is 3.89. The van der Waals surface area contributed by atoms with E-state index < -0.39 is 5.97 Å². The molecule has 0 spiro atoms. The maximum atomic E-state index is 13.0. The molecule has 0 fully saturated rings. The van der Waals surface area contributed by atoms with E-state index in [4.69, 9.17) is 4.74 Å². The molecular formula is C27H32N6O4S. The topological polar surface area (TPSA) is 132 Å². The van der Waals surface area contributed by atoms with E-state index in [1.54, 1.807) is 13.1 Å². The molecule has 0 radical (unpaired) electrons. The van der Waals surface area contributed by atoms with Crippen molar-refractivity contribution in [2.75, 3.05) is 38.1 Å². The van der Waals surface area contributed by atoms with Crippen LogP contribution in [0.4, 0.5) is 5.69 Å². The quantitative estimate of drug-likeness (QED) is 0.237. The van der Waals surface area contributed by atoms with Crippen LogP contribution in [0, 0.1) is 11.3 Å². The second kappa shape index (κ2) is 13.4. The molecule has 0 saturated heterocycles. The van der Waals surface area contributed by atoms with Gasteiger partial charge in [-0.05, 0) is 38.2 Å². The van der Waals surface area contributed by atoms with Crippen LogP contribution in [0.2, 0.25) is 0 Å². The molecule has 0 aliphatic heterocycles. The summed E-state index contributed by atoms with van der Waals surface area (Å²) in [5, 5.41) is 16.4. The molecule has 0 aliphatic carbocycles. The molecule has 11 heteroatoms. The lowest BCUT2D eigenvalue weighted by atomic mass is 10.1. The van der Waals surface area contributed by atoms with Gasteiger partial charge in [0, 0.05) is 48.6 Å². The molecule has 38 heavy (non-hydrogen) atoms. The number of amides is 1. The van der Waals surface area contributed by atoms with Gasteiger partial charge in [-0.1, -0.05) is 26.5 Å². The largest absolute Gasteiger partial charge is 0.457 e. The predicted octanol–water partition coefficient (Wildman–Crippen LogP) is 1.74. The Bertz CT molecular complexity index is 1540. The van der Waals surface area contributed by atoms with Crippen LogP contribution in [-0.4, -0.2) is 59.1 Å². The second-order valence-electron chi connectivity index (χ2n) is 8.23. The van der Waals surface area contributed by atoms with Crippen molar-refractivity contribution in [1.82, 2.24) is 19.8 Å². The molecule has 0 atom stereocenters. The molecule has 0 bridgehead atoms. The molecule has 1 aromatic carbocycles. The third kappa shape index (κ3) is 6.40. The summed E-state index contributed by atoms with van der Waals surface area (Å²) >= 11 is 1.02. The highest BCUT2D eigenvalue weighted by atomic mass is 32.1. The highest BCUT2D eigenvalue weighted by Crippen LogP contribution is 2.22. The van der Waals surface area contributed by atoms with Crippen molar-refractivity contribution >= 4 is 51.6 Å². The van der Waals surface area contributed by atoms with Gasteiger partial charge in [-0.15, -0.1) is 11.3 Å². The maximum Gasteiger partial charge on any atom is 0.352 e. The first-order valence-electron chi connectivity index (χ1n) is 12.4. The van der Waals surface area contributed by atoms with Crippen LogP contribution in [-0.2, 0) is 16.1 Å². The number of H-pyrrole nitrogens is 1. The van der Waals surface area contributed by atoms with Gasteiger partial charge in [0.25, 0.3) is 11.5 Å². The van der Waals surface area contributed by atoms with Gasteiger partial charge in [0.1, 0.15) is 21.9 Å². The van der Waals surface area contributed by atoms with Crippen LogP contribution < -0.4 is 25.4 Å². The summed E-state index contributed by atoms with van der Waals surface area (Å²) in [6.45, 7) is 12.8. The van der Waals surface area contributed by atoms with E-state index in [2.05, 4.69) is 40.9 Å². The molecule has 0 saturated carbocycles. The average Bonchev–Trinajstić information content (AvgIpc) is 3.49. The summed E-state index contributed by atoms with van der Waals surface area (Å²) in [7, 11) is 0. The van der Waals surface area contributed by atoms with Crippen molar-refractivity contribution in [2.45, 2.75) is 27.3 Å². The van der Waals surface area contributed by atoms with E-state index in [-0.39, 0.29) is 34.9 Å². The van der Waals surface area contributed by atoms with Crippen LogP contribution in [0.15, 0.2) is 41.8 Å². The number of likely N-dealkylation sites (N-methyl/N-ethyl adjacent to an activating group) is 1. The highest BCUT2D eigenvalue weighted by molar-refractivity contribution is 7.07. The van der Waals surface area contributed by atoms with E-state index in [1.807, 2.05) is 24.3 Å². The Balaban J connectivity index is 1.89. The Kier molecular flexibility index (Phi) is 10.0. The minimum atomic E-state index is -0.809. The zero-order valence-electron chi connectivity index (χ0n) is 21.8. The predicted molar refractivity (Wildman–Crippen MR) is 150 cm³/mol. The van der Waals surface area contributed by atoms with E-state index >= 15 is 0 Å². The van der Waals surface area contributed by atoms with Crippen molar-refractivity contribution in [3.8, 4) is 6.07 Å². The monoisotopic (exact) mass is 536 g/mol. The fourth-order valence-corrected chi connectivity index (χ4v) is 4.97. The molecule has 0 aliphatic rings. The highest BCUT2D eigenvalue weighted by Gasteiger charge is 2.17. The number of nitriles is 1. The van der Waals surface area contributed by atoms with Gasteiger partial charge in [0.15, 0.2) is 5.57 Å². The summed E-state index contributed by atoms with van der Waals surface area (Å²) in [6.07, 6.45) is 4.62. The Morgan fingerprint density at radius 3 is 2.71 bits per heavy atom. The van der Waals surface area contributed by atoms with Crippen molar-refractivity contribution in [3.63, 3.8) is 0 Å². The normalized spacial score (nSPS) is 12.3. The average molecular weight is 537 g/mol. The first-order chi connectivity index (χ1) is 18.4. The Morgan fingerprint density at radius 2 is 2.05 bits per heavy atom. The molecule has 10 nitrogen and oxygen atoms in total. The first kappa shape index (κ1) is 28.4. The minimum absolute atomic E-state index is 0.0378. The standard InChI is InChI=1S/C27H32N6O4S/c1-5-13-37-27(36)20(15-28)26-33(8-4)25(35)23(38-26)17-30-18-9-10-22-19(14-18)21(16-31-22)24(34)29-11-12-32(6-2)7-3/h5,9-10,14,16-17,30-31H,1,6-8,11-13H2,2-4H3,(H,29,34). The van der Waals surface area contributed by atoms with Crippen LogP contribution in [0.5, 0.6) is 0 Å². The summed E-state index contributed by atoms with van der Waals surface area (Å²) in [5.74, 6) is -0.975. The third-order valence-corrected chi connectivity index (χ3v) is 7.12. The summed E-state index contributed by atoms with van der Waals surface area (Å²) in [6, 6.07) is 7.35. The number of aromatic nitrogens is 2. The van der Waals surface area contributed by atoms with Crippen LogP contribution in [0.25, 0.3) is 22.7 Å². The Hall–Kier alpha value is -4.14. The van der Waals surface area contributed by atoms with Gasteiger partial charge in [-0.3, -0.25) is 14.2 Å². The molecule has 2 heterocycles. The number of esters is 1. The minimum Gasteiger partial charge on any atom is -0.457 e. The summed E-state index contributed by atoms with van der Waals surface area (Å²) in [5.41, 5.74) is 1.44. The van der Waals surface area contributed by atoms with Crippen molar-refractivity contribution in [3.05, 3.63) is 62.2 Å². The number of aromatic amines is 1. The Morgan fingerprint density at radius 1 is 1.29 bits per heavy atom. The first-order valence-corrected chi connectivity index (χ1v) is 13.2. The van der Waals surface area contributed by atoms with Crippen molar-refractivity contribution in [2.24, 2.45) is 0 Å². The van der Waals surface area contributed by atoms with E-state index in [1.165, 1.54) is 16.8 Å². The van der Waals surface area contributed by atoms with Gasteiger partial charge < -0.3 is 25.3 Å². The second-order valence-corrected chi connectivity index (χ2v) is 9.26. The Labute approximate surface area is 224 Å². The number of fused-ring (bicyclic) bond motifs is 1. The maximum absolute atomic E-state index is 13.0. The van der Waals surface area contributed by atoms with Gasteiger partial charge in [0.05, 0.1) is 5.56 Å². The van der Waals surface area contributed by atoms with Gasteiger partial charge in [-0.25, -0.2) is 4.79 Å². The number of nitrogens with one attached hydrogen (secondary N) is 3. The fraction of sp³-hybridized carbons (Fsp3) is 0.333. The zero-order chi connectivity index (χ0) is 27.7. The number of carbonyl (C=O) groups is 2. The number of hydrogen-bond donors (Lipinski definition) is 3. The van der Waals surface area contributed by atoms with E-state index in [9.17, 15) is 19.6 Å². The van der Waals surface area contributed by atoms with Crippen LogP contribution in [0.1, 0.15) is 31.1 Å². The van der Waals surface area contributed by atoms with E-state index in [0.29, 0.717) is 22.3 Å². The van der Waals surface area contributed by atoms with Crippen molar-refractivity contribution < 1.29 is 14.3 Å². The summed E-state index contributed by atoms with van der Waals surface area (Å²) < 4.78 is 6.90. The number of thiazole rings is 1. The molecular weight excluding hydrogens is 504 g/mol. The molecule has 2 aromatic heterocycles. The van der Waals surface area contributed by atoms with Crippen LogP contribution in [0.3, 0.4) is 0 Å². The smallest absolute Gasteiger partial charge is 0.352 e. The molecule has 0 unspecified atom stereocenters. The zero-order valence-corrected chi connectivity index (χ0v) is 22.6. The molecule has 3 rings (SSSR count). The number of hydrogen-bond acceptors (Lipinski definition) is 8.